The highest BCUT2D eigenvalue weighted by Gasteiger charge is 2.34. The predicted molar refractivity (Wildman–Crippen MR) is 171 cm³/mol. The molecule has 4 aromatic rings. The van der Waals surface area contributed by atoms with Gasteiger partial charge in [0.05, 0.1) is 24.9 Å². The van der Waals surface area contributed by atoms with Crippen molar-refractivity contribution in [3.63, 3.8) is 0 Å². The Kier molecular flexibility index (Phi) is 10.6. The molecule has 0 aliphatic carbocycles. The summed E-state index contributed by atoms with van der Waals surface area (Å²) < 4.78 is 13.1. The molecule has 1 heterocycles. The van der Waals surface area contributed by atoms with Gasteiger partial charge in [-0.1, -0.05) is 103 Å². The second-order valence-corrected chi connectivity index (χ2v) is 11.6. The van der Waals surface area contributed by atoms with Crippen molar-refractivity contribution < 1.29 is 24.5 Å². The smallest absolute Gasteiger partial charge is 0.217 e. The molecule has 0 spiro atoms. The van der Waals surface area contributed by atoms with E-state index in [1.807, 2.05) is 98.9 Å². The molecule has 0 bridgehead atoms. The fourth-order valence-electron chi connectivity index (χ4n) is 5.69. The first kappa shape index (κ1) is 31.6. The molecule has 1 aliphatic heterocycles. The minimum absolute atomic E-state index is 0.00706. The molecule has 7 heteroatoms. The Hall–Kier alpha value is -3.85. The molecule has 44 heavy (non-hydrogen) atoms. The molecule has 5 atom stereocenters. The molecule has 5 rings (SSSR count). The van der Waals surface area contributed by atoms with E-state index in [0.29, 0.717) is 19.5 Å². The van der Waals surface area contributed by atoms with E-state index in [1.165, 1.54) is 6.92 Å². The van der Waals surface area contributed by atoms with E-state index in [4.69, 9.17) is 9.47 Å². The largest absolute Gasteiger partial charge is 0.392 e. The van der Waals surface area contributed by atoms with Crippen molar-refractivity contribution in [2.75, 3.05) is 13.6 Å². The maximum Gasteiger partial charge on any atom is 0.217 e. The lowest BCUT2D eigenvalue weighted by molar-refractivity contribution is -0.253. The zero-order valence-electron chi connectivity index (χ0n) is 25.6. The molecule has 1 amide bonds. The molecule has 0 aromatic heterocycles. The van der Waals surface area contributed by atoms with E-state index >= 15 is 0 Å². The van der Waals surface area contributed by atoms with E-state index in [0.717, 1.165) is 38.9 Å². The number of hydrogen-bond acceptors (Lipinski definition) is 6. The fourth-order valence-corrected chi connectivity index (χ4v) is 5.69. The SMILES string of the molecule is CC(=O)NCc1ccccc1-c1ccc([C@@H]2O[C@H](CN(C)[C@@H](C)[C@H](O)c3ccccc3)C[C@H](c3ccc(CO)cc3)O2)cc1. The second kappa shape index (κ2) is 14.8. The predicted octanol–water partition coefficient (Wildman–Crippen LogP) is 6.08. The van der Waals surface area contributed by atoms with Crippen molar-refractivity contribution >= 4 is 5.91 Å². The van der Waals surface area contributed by atoms with Crippen LogP contribution >= 0.6 is 0 Å². The van der Waals surface area contributed by atoms with Gasteiger partial charge in [-0.2, -0.15) is 0 Å². The summed E-state index contributed by atoms with van der Waals surface area (Å²) in [7, 11) is 2.02. The average Bonchev–Trinajstić information content (AvgIpc) is 3.07. The topological polar surface area (TPSA) is 91.3 Å². The Bertz CT molecular complexity index is 1490. The number of carbonyl (C=O) groups is 1. The Morgan fingerprint density at radius 3 is 2.25 bits per heavy atom. The lowest BCUT2D eigenvalue weighted by atomic mass is 9.97. The number of likely N-dealkylation sites (N-methyl/N-ethyl adjacent to an activating group) is 1. The minimum Gasteiger partial charge on any atom is -0.392 e. The summed E-state index contributed by atoms with van der Waals surface area (Å²) in [6.07, 6.45) is -0.901. The van der Waals surface area contributed by atoms with Crippen LogP contribution in [0.5, 0.6) is 0 Å². The molecule has 230 valence electrons. The molecule has 3 N–H and O–H groups in total. The maximum absolute atomic E-state index is 11.5. The normalized spacial score (nSPS) is 19.8. The van der Waals surface area contributed by atoms with E-state index in [2.05, 4.69) is 28.4 Å². The van der Waals surface area contributed by atoms with Gasteiger partial charge in [0.25, 0.3) is 0 Å². The van der Waals surface area contributed by atoms with Gasteiger partial charge in [0.2, 0.25) is 5.91 Å². The zero-order valence-corrected chi connectivity index (χ0v) is 25.6. The lowest BCUT2D eigenvalue weighted by Gasteiger charge is -2.39. The van der Waals surface area contributed by atoms with E-state index < -0.39 is 12.4 Å². The zero-order chi connectivity index (χ0) is 31.1. The van der Waals surface area contributed by atoms with Crippen LogP contribution in [0.15, 0.2) is 103 Å². The summed E-state index contributed by atoms with van der Waals surface area (Å²) in [6.45, 7) is 4.62. The first-order valence-electron chi connectivity index (χ1n) is 15.2. The Balaban J connectivity index is 1.36. The summed E-state index contributed by atoms with van der Waals surface area (Å²) in [5, 5.41) is 23.5. The van der Waals surface area contributed by atoms with Gasteiger partial charge in [0.1, 0.15) is 0 Å². The third kappa shape index (κ3) is 7.80. The van der Waals surface area contributed by atoms with Crippen molar-refractivity contribution in [2.24, 2.45) is 0 Å². The third-order valence-corrected chi connectivity index (χ3v) is 8.44. The van der Waals surface area contributed by atoms with Crippen LogP contribution in [-0.2, 0) is 27.4 Å². The van der Waals surface area contributed by atoms with Crippen LogP contribution in [0.1, 0.15) is 66.6 Å². The van der Waals surface area contributed by atoms with Crippen molar-refractivity contribution in [1.29, 1.82) is 0 Å². The number of amides is 1. The second-order valence-electron chi connectivity index (χ2n) is 11.6. The van der Waals surface area contributed by atoms with Crippen molar-refractivity contribution in [3.05, 3.63) is 131 Å². The number of nitrogens with one attached hydrogen (secondary N) is 1. The summed E-state index contributed by atoms with van der Waals surface area (Å²) >= 11 is 0. The summed E-state index contributed by atoms with van der Waals surface area (Å²) in [5.74, 6) is -0.0635. The summed E-state index contributed by atoms with van der Waals surface area (Å²) in [6, 6.07) is 33.7. The van der Waals surface area contributed by atoms with Crippen LogP contribution in [0.25, 0.3) is 11.1 Å². The summed E-state index contributed by atoms with van der Waals surface area (Å²) in [4.78, 5) is 13.7. The van der Waals surface area contributed by atoms with Crippen LogP contribution < -0.4 is 5.32 Å². The molecule has 4 aromatic carbocycles. The number of rotatable bonds is 11. The van der Waals surface area contributed by atoms with Crippen LogP contribution in [0, 0.1) is 0 Å². The highest BCUT2D eigenvalue weighted by Crippen LogP contribution is 2.39. The van der Waals surface area contributed by atoms with Crippen LogP contribution in [0.2, 0.25) is 0 Å². The van der Waals surface area contributed by atoms with Gasteiger partial charge < -0.3 is 25.0 Å². The number of nitrogens with zero attached hydrogens (tertiary/aromatic N) is 1. The van der Waals surface area contributed by atoms with Gasteiger partial charge in [-0.05, 0) is 47.4 Å². The third-order valence-electron chi connectivity index (χ3n) is 8.44. The number of ether oxygens (including phenoxy) is 2. The van der Waals surface area contributed by atoms with Crippen molar-refractivity contribution in [3.8, 4) is 11.1 Å². The van der Waals surface area contributed by atoms with Gasteiger partial charge in [0.15, 0.2) is 6.29 Å². The molecular weight excluding hydrogens is 552 g/mol. The first-order valence-corrected chi connectivity index (χ1v) is 15.2. The van der Waals surface area contributed by atoms with Crippen LogP contribution in [-0.4, -0.2) is 46.8 Å². The highest BCUT2D eigenvalue weighted by atomic mass is 16.7. The molecule has 1 fully saturated rings. The number of aliphatic hydroxyl groups is 2. The summed E-state index contributed by atoms with van der Waals surface area (Å²) in [5.41, 5.74) is 6.83. The quantitative estimate of drug-likeness (QED) is 0.195. The molecular formula is C37H42N2O5. The fraction of sp³-hybridized carbons (Fsp3) is 0.324. The standard InChI is InChI=1S/C37H42N2O5/c1-25(36(42)30-9-5-4-6-10-30)39(3)23-33-21-35(29-15-13-27(24-40)14-16-29)44-37(43-33)31-19-17-28(18-20-31)34-12-8-7-11-32(34)22-38-26(2)41/h4-20,25,33,35-37,40,42H,21-24H2,1-3H3,(H,38,41)/t25-,33-,35+,36-,37+/m0/s1. The number of benzene rings is 4. The van der Waals surface area contributed by atoms with Gasteiger partial charge in [-0.3, -0.25) is 9.69 Å². The molecule has 0 unspecified atom stereocenters. The molecule has 1 aliphatic rings. The van der Waals surface area contributed by atoms with Crippen LogP contribution in [0.3, 0.4) is 0 Å². The average molecular weight is 595 g/mol. The van der Waals surface area contributed by atoms with E-state index in [-0.39, 0.29) is 30.8 Å². The molecule has 0 saturated carbocycles. The van der Waals surface area contributed by atoms with E-state index in [1.54, 1.807) is 0 Å². The van der Waals surface area contributed by atoms with Gasteiger partial charge in [-0.25, -0.2) is 0 Å². The number of hydrogen-bond donors (Lipinski definition) is 3. The Morgan fingerprint density at radius 2 is 1.57 bits per heavy atom. The van der Waals surface area contributed by atoms with Gasteiger partial charge in [0, 0.05) is 38.0 Å². The van der Waals surface area contributed by atoms with Crippen molar-refractivity contribution in [2.45, 2.75) is 64.1 Å². The molecule has 7 nitrogen and oxygen atoms in total. The minimum atomic E-state index is -0.625. The van der Waals surface area contributed by atoms with Crippen LogP contribution in [0.4, 0.5) is 0 Å². The maximum atomic E-state index is 11.5. The monoisotopic (exact) mass is 594 g/mol. The Labute approximate surface area is 260 Å². The molecule has 0 radical (unpaired) electrons. The van der Waals surface area contributed by atoms with Gasteiger partial charge in [-0.15, -0.1) is 0 Å². The van der Waals surface area contributed by atoms with Gasteiger partial charge >= 0.3 is 0 Å². The Morgan fingerprint density at radius 1 is 0.909 bits per heavy atom. The highest BCUT2D eigenvalue weighted by molar-refractivity contribution is 5.74. The van der Waals surface area contributed by atoms with E-state index in [9.17, 15) is 15.0 Å². The first-order chi connectivity index (χ1) is 21.3. The number of aliphatic hydroxyl groups excluding tert-OH is 2. The van der Waals surface area contributed by atoms with Crippen molar-refractivity contribution in [1.82, 2.24) is 10.2 Å². The molecule has 1 saturated heterocycles. The lowest BCUT2D eigenvalue weighted by Crippen LogP contribution is -2.43. The number of carbonyl (C=O) groups excluding carboxylic acids is 1.